The summed E-state index contributed by atoms with van der Waals surface area (Å²) in [4.78, 5) is -1.88. The molecular formula is C7H6F3NO4S2. The van der Waals surface area contributed by atoms with Crippen LogP contribution in [-0.4, -0.2) is 22.3 Å². The Labute approximate surface area is 95.0 Å². The number of hydrogen-bond donors (Lipinski definition) is 1. The van der Waals surface area contributed by atoms with Gasteiger partial charge in [0.25, 0.3) is 9.84 Å². The highest BCUT2D eigenvalue weighted by Gasteiger charge is 2.47. The van der Waals surface area contributed by atoms with Crippen molar-refractivity contribution in [2.75, 3.05) is 0 Å². The Morgan fingerprint density at radius 2 is 1.47 bits per heavy atom. The van der Waals surface area contributed by atoms with Gasteiger partial charge in [0, 0.05) is 0 Å². The van der Waals surface area contributed by atoms with Crippen LogP contribution < -0.4 is 5.14 Å². The van der Waals surface area contributed by atoms with Crippen LogP contribution in [0.1, 0.15) is 0 Å². The van der Waals surface area contributed by atoms with E-state index in [1.165, 1.54) is 0 Å². The fourth-order valence-electron chi connectivity index (χ4n) is 0.952. The first kappa shape index (κ1) is 13.9. The second kappa shape index (κ2) is 3.96. The lowest BCUT2D eigenvalue weighted by Crippen LogP contribution is -2.23. The van der Waals surface area contributed by atoms with Crippen molar-refractivity contribution in [3.05, 3.63) is 24.3 Å². The van der Waals surface area contributed by atoms with Crippen LogP contribution in [0.15, 0.2) is 34.1 Å². The maximum atomic E-state index is 12.2. The van der Waals surface area contributed by atoms with E-state index in [0.717, 1.165) is 12.1 Å². The van der Waals surface area contributed by atoms with E-state index in [2.05, 4.69) is 5.14 Å². The fraction of sp³-hybridized carbons (Fsp3) is 0.143. The molecule has 10 heteroatoms. The molecule has 5 nitrogen and oxygen atoms in total. The maximum absolute atomic E-state index is 12.2. The lowest BCUT2D eigenvalue weighted by molar-refractivity contribution is -0.0436. The fourth-order valence-corrected chi connectivity index (χ4v) is 2.39. The summed E-state index contributed by atoms with van der Waals surface area (Å²) >= 11 is 0. The van der Waals surface area contributed by atoms with Crippen LogP contribution in [0, 0.1) is 0 Å². The molecule has 1 aromatic rings. The molecule has 0 aliphatic rings. The van der Waals surface area contributed by atoms with Gasteiger partial charge < -0.3 is 0 Å². The van der Waals surface area contributed by atoms with Gasteiger partial charge in [-0.2, -0.15) is 13.2 Å². The average molecular weight is 289 g/mol. The summed E-state index contributed by atoms with van der Waals surface area (Å²) in [6, 6.07) is 2.75. The van der Waals surface area contributed by atoms with Crippen molar-refractivity contribution in [2.45, 2.75) is 15.3 Å². The van der Waals surface area contributed by atoms with Crippen molar-refractivity contribution in [3.8, 4) is 0 Å². The number of sulfonamides is 1. The summed E-state index contributed by atoms with van der Waals surface area (Å²) < 4.78 is 80.2. The first-order valence-electron chi connectivity index (χ1n) is 3.90. The van der Waals surface area contributed by atoms with Crippen LogP contribution in [0.25, 0.3) is 0 Å². The molecule has 0 aliphatic carbocycles. The highest BCUT2D eigenvalue weighted by Crippen LogP contribution is 2.30. The average Bonchev–Trinajstić information content (AvgIpc) is 2.15. The second-order valence-electron chi connectivity index (χ2n) is 2.97. The zero-order valence-electron chi connectivity index (χ0n) is 7.97. The van der Waals surface area contributed by atoms with Gasteiger partial charge in [-0.3, -0.25) is 0 Å². The zero-order chi connectivity index (χ0) is 13.5. The molecule has 1 rings (SSSR count). The molecule has 0 amide bonds. The smallest absolute Gasteiger partial charge is 0.225 e. The van der Waals surface area contributed by atoms with Crippen LogP contribution >= 0.6 is 0 Å². The highest BCUT2D eigenvalue weighted by atomic mass is 32.2. The normalized spacial score (nSPS) is 13.6. The Bertz CT molecular complexity index is 633. The first-order valence-corrected chi connectivity index (χ1v) is 6.93. The highest BCUT2D eigenvalue weighted by molar-refractivity contribution is 7.92. The van der Waals surface area contributed by atoms with E-state index in [-0.39, 0.29) is 0 Å². The number of hydrogen-bond acceptors (Lipinski definition) is 4. The summed E-state index contributed by atoms with van der Waals surface area (Å²) in [5.41, 5.74) is -5.50. The molecule has 0 aliphatic heterocycles. The summed E-state index contributed by atoms with van der Waals surface area (Å²) in [5.74, 6) is 0. The minimum Gasteiger partial charge on any atom is -0.225 e. The summed E-state index contributed by atoms with van der Waals surface area (Å²) in [5, 5.41) is 4.67. The van der Waals surface area contributed by atoms with Crippen molar-refractivity contribution >= 4 is 19.9 Å². The standard InChI is InChI=1S/C7H6F3NO4S2/c8-7(9,10)16(12,13)5-2-1-3-6(4-5)17(11,14)15/h1-4H,(H2,11,14,15). The Balaban J connectivity index is 3.47. The van der Waals surface area contributed by atoms with Crippen LogP contribution in [-0.2, 0) is 19.9 Å². The Morgan fingerprint density at radius 3 is 1.88 bits per heavy atom. The van der Waals surface area contributed by atoms with Crippen molar-refractivity contribution in [1.29, 1.82) is 0 Å². The van der Waals surface area contributed by atoms with E-state index in [0.29, 0.717) is 12.1 Å². The molecule has 0 bridgehead atoms. The molecule has 0 fully saturated rings. The van der Waals surface area contributed by atoms with Gasteiger partial charge in [-0.1, -0.05) is 6.07 Å². The Morgan fingerprint density at radius 1 is 1.00 bits per heavy atom. The Hall–Kier alpha value is -1.13. The molecule has 0 saturated carbocycles. The number of nitrogens with two attached hydrogens (primary N) is 1. The van der Waals surface area contributed by atoms with Gasteiger partial charge in [-0.05, 0) is 18.2 Å². The summed E-state index contributed by atoms with van der Waals surface area (Å²) in [6.45, 7) is 0. The number of alkyl halides is 3. The molecule has 0 saturated heterocycles. The van der Waals surface area contributed by atoms with Gasteiger partial charge in [0.15, 0.2) is 0 Å². The van der Waals surface area contributed by atoms with E-state index in [1.807, 2.05) is 0 Å². The molecule has 0 spiro atoms. The molecular weight excluding hydrogens is 283 g/mol. The number of halogens is 3. The molecule has 17 heavy (non-hydrogen) atoms. The largest absolute Gasteiger partial charge is 0.501 e. The van der Waals surface area contributed by atoms with E-state index < -0.39 is 35.2 Å². The van der Waals surface area contributed by atoms with Gasteiger partial charge in [-0.15, -0.1) is 0 Å². The van der Waals surface area contributed by atoms with Gasteiger partial charge in [0.1, 0.15) is 0 Å². The van der Waals surface area contributed by atoms with Crippen LogP contribution in [0.3, 0.4) is 0 Å². The van der Waals surface area contributed by atoms with Gasteiger partial charge >= 0.3 is 5.51 Å². The summed E-state index contributed by atoms with van der Waals surface area (Å²) in [7, 11) is -9.84. The molecule has 0 heterocycles. The van der Waals surface area contributed by atoms with Gasteiger partial charge in [0.05, 0.1) is 9.79 Å². The van der Waals surface area contributed by atoms with Crippen LogP contribution in [0.4, 0.5) is 13.2 Å². The van der Waals surface area contributed by atoms with Crippen LogP contribution in [0.2, 0.25) is 0 Å². The predicted octanol–water partition coefficient (Wildman–Crippen LogP) is 0.628. The minimum absolute atomic E-state index is 0.359. The molecule has 0 atom stereocenters. The lowest BCUT2D eigenvalue weighted by Gasteiger charge is -2.08. The zero-order valence-corrected chi connectivity index (χ0v) is 9.60. The van der Waals surface area contributed by atoms with E-state index >= 15 is 0 Å². The number of benzene rings is 1. The van der Waals surface area contributed by atoms with E-state index in [4.69, 9.17) is 0 Å². The van der Waals surface area contributed by atoms with Gasteiger partial charge in [0.2, 0.25) is 10.0 Å². The molecule has 2 N–H and O–H groups in total. The SMILES string of the molecule is NS(=O)(=O)c1cccc(S(=O)(=O)C(F)(F)F)c1. The van der Waals surface area contributed by atoms with E-state index in [1.54, 1.807) is 0 Å². The molecule has 0 unspecified atom stereocenters. The molecule has 0 aromatic heterocycles. The minimum atomic E-state index is -5.58. The third-order valence-corrected chi connectivity index (χ3v) is 4.14. The van der Waals surface area contributed by atoms with Crippen molar-refractivity contribution < 1.29 is 30.0 Å². The lowest BCUT2D eigenvalue weighted by atomic mass is 10.4. The monoisotopic (exact) mass is 289 g/mol. The van der Waals surface area contributed by atoms with E-state index in [9.17, 15) is 30.0 Å². The number of primary sulfonamides is 1. The maximum Gasteiger partial charge on any atom is 0.501 e. The topological polar surface area (TPSA) is 94.3 Å². The third kappa shape index (κ3) is 2.76. The van der Waals surface area contributed by atoms with Crippen molar-refractivity contribution in [1.82, 2.24) is 0 Å². The first-order chi connectivity index (χ1) is 7.46. The van der Waals surface area contributed by atoms with Crippen LogP contribution in [0.5, 0.6) is 0 Å². The molecule has 0 radical (unpaired) electrons. The second-order valence-corrected chi connectivity index (χ2v) is 6.47. The number of rotatable bonds is 2. The molecule has 96 valence electrons. The summed E-state index contributed by atoms with van der Waals surface area (Å²) in [6.07, 6.45) is 0. The van der Waals surface area contributed by atoms with Crippen molar-refractivity contribution in [2.24, 2.45) is 5.14 Å². The predicted molar refractivity (Wildman–Crippen MR) is 51.1 cm³/mol. The third-order valence-electron chi connectivity index (χ3n) is 1.75. The van der Waals surface area contributed by atoms with Gasteiger partial charge in [-0.25, -0.2) is 22.0 Å². The van der Waals surface area contributed by atoms with Crippen molar-refractivity contribution in [3.63, 3.8) is 0 Å². The molecule has 1 aromatic carbocycles. The number of sulfone groups is 1. The quantitative estimate of drug-likeness (QED) is 0.863. The Kier molecular flexibility index (Phi) is 3.25.